The molecule has 0 saturated heterocycles. The number of aromatic amines is 1. The topological polar surface area (TPSA) is 398 Å². The third kappa shape index (κ3) is 29.5. The minimum absolute atomic E-state index is 0. The Hall–Kier alpha value is -13.9. The summed E-state index contributed by atoms with van der Waals surface area (Å²) >= 11 is 0. The predicted octanol–water partition coefficient (Wildman–Crippen LogP) is 17.9. The third-order valence-corrected chi connectivity index (χ3v) is 27.6. The summed E-state index contributed by atoms with van der Waals surface area (Å²) < 4.78 is 42.2. The van der Waals surface area contributed by atoms with Crippen molar-refractivity contribution in [3.63, 3.8) is 0 Å². The highest BCUT2D eigenvalue weighted by Gasteiger charge is 2.48. The maximum atomic E-state index is 13.9. The van der Waals surface area contributed by atoms with Gasteiger partial charge in [-0.05, 0) is 203 Å². The molecule has 5 aliphatic carbocycles. The van der Waals surface area contributed by atoms with Crippen molar-refractivity contribution in [2.24, 2.45) is 0 Å². The minimum atomic E-state index is -0.989. The fourth-order valence-corrected chi connectivity index (χ4v) is 20.1. The van der Waals surface area contributed by atoms with Gasteiger partial charge in [-0.25, -0.2) is 4.79 Å². The van der Waals surface area contributed by atoms with Crippen molar-refractivity contribution in [2.45, 2.75) is 208 Å². The summed E-state index contributed by atoms with van der Waals surface area (Å²) in [5.41, 5.74) is 5.12. The van der Waals surface area contributed by atoms with E-state index in [0.29, 0.717) is 42.0 Å². The highest BCUT2D eigenvalue weighted by atomic mass is 35.5. The lowest BCUT2D eigenvalue weighted by Gasteiger charge is -2.39. The third-order valence-electron chi connectivity index (χ3n) is 27.6. The number of carbonyl (C=O) groups excluding carboxylic acids is 9. The Bertz CT molecular complexity index is 5800. The molecule has 33 heteroatoms. The number of carboxylic acid groups (broad SMARTS) is 2. The number of nitrogens with one attached hydrogen (secondary N) is 4. The number of esters is 2. The van der Waals surface area contributed by atoms with E-state index in [9.17, 15) is 57.8 Å². The smallest absolute Gasteiger partial charge is 0.435 e. The molecule has 15 rings (SSSR count). The fraction of sp³-hybridized carbons (Fsp3) is 0.450. The van der Waals surface area contributed by atoms with Crippen molar-refractivity contribution in [2.75, 3.05) is 127 Å². The van der Waals surface area contributed by atoms with Gasteiger partial charge in [0.15, 0.2) is 0 Å². The van der Waals surface area contributed by atoms with Crippen LogP contribution in [0.15, 0.2) is 200 Å². The monoisotopic (exact) mass is 2000 g/mol. The molecule has 774 valence electrons. The second-order valence-corrected chi connectivity index (χ2v) is 36.9. The van der Waals surface area contributed by atoms with E-state index in [2.05, 4.69) is 36.0 Å². The molecule has 0 spiro atoms. The van der Waals surface area contributed by atoms with Crippen LogP contribution in [0.5, 0.6) is 28.7 Å². The number of fused-ring (bicyclic) bond motifs is 2. The molecule has 32 nitrogen and oxygen atoms in total. The van der Waals surface area contributed by atoms with Crippen LogP contribution >= 0.6 is 12.4 Å². The maximum Gasteiger partial charge on any atom is 0.435 e. The van der Waals surface area contributed by atoms with Crippen LogP contribution in [-0.2, 0) is 95.8 Å². The van der Waals surface area contributed by atoms with Crippen LogP contribution in [0.1, 0.15) is 208 Å². The number of benzene rings is 8. The molecule has 5 fully saturated rings. The van der Waals surface area contributed by atoms with Gasteiger partial charge >= 0.3 is 30.0 Å². The summed E-state index contributed by atoms with van der Waals surface area (Å²) in [6.07, 6.45) is 25.8. The second kappa shape index (κ2) is 55.7. The number of aromatic nitrogens is 4. The van der Waals surface area contributed by atoms with Crippen molar-refractivity contribution in [3.8, 4) is 28.7 Å². The number of aliphatic carboxylic acids is 2. The van der Waals surface area contributed by atoms with Crippen LogP contribution < -0.4 is 39.6 Å². The van der Waals surface area contributed by atoms with E-state index >= 15 is 0 Å². The molecule has 10 aromatic rings. The van der Waals surface area contributed by atoms with Crippen LogP contribution in [0, 0.1) is 0 Å². The van der Waals surface area contributed by atoms with Gasteiger partial charge in [0.1, 0.15) is 48.4 Å². The van der Waals surface area contributed by atoms with E-state index in [0.717, 1.165) is 234 Å². The van der Waals surface area contributed by atoms with E-state index in [1.165, 1.54) is 25.6 Å². The number of halogens is 1. The number of carboxylic acids is 2. The lowest BCUT2D eigenvalue weighted by atomic mass is 9.68. The zero-order valence-corrected chi connectivity index (χ0v) is 85.9. The molecule has 2 heterocycles. The highest BCUT2D eigenvalue weighted by molar-refractivity contribution is 6.05. The summed E-state index contributed by atoms with van der Waals surface area (Å²) in [6, 6.07) is 58.4. The van der Waals surface area contributed by atoms with Crippen molar-refractivity contribution >= 4 is 111 Å². The summed E-state index contributed by atoms with van der Waals surface area (Å²) in [7, 11) is 16.4. The second-order valence-electron chi connectivity index (χ2n) is 36.9. The van der Waals surface area contributed by atoms with Crippen molar-refractivity contribution in [1.82, 2.24) is 44.9 Å². The molecule has 0 unspecified atom stereocenters. The SMILES string of the molecule is CCOC(=O)CN(C)C(=O)C1(c2ccc(OC)cc2)CCCCC1.CCOC(=O)CNC.COc1ccc(C2(C(=O)N(C)CC(=O)Nc3cccc4[nH]ncc34)CCCCC2)cc1.COc1ccc(C2(C(=O)N(C)CC(=O)Nc3cccc4c3cnn4C(=O)OCc3ccccc3)CCCCC2)cc1.COc1ccc(C2(C(=O)N(C)CC(=O)O)CCCCC2)cc1.COc1ccc(C2(C(=O)O)CCCCC2)cc1.Cl. The van der Waals surface area contributed by atoms with Gasteiger partial charge in [-0.3, -0.25) is 53.0 Å². The van der Waals surface area contributed by atoms with E-state index in [1.807, 2.05) is 170 Å². The first-order chi connectivity index (χ1) is 69.0. The molecule has 0 atom stereocenters. The molecule has 5 saturated carbocycles. The molecule has 8 aromatic carbocycles. The number of amides is 6. The Morgan fingerprint density at radius 3 is 1.04 bits per heavy atom. The van der Waals surface area contributed by atoms with Crippen molar-refractivity contribution < 1.29 is 101 Å². The first kappa shape index (κ1) is 114. The van der Waals surface area contributed by atoms with E-state index in [-0.39, 0.29) is 92.6 Å². The molecule has 0 bridgehead atoms. The van der Waals surface area contributed by atoms with Crippen LogP contribution in [0.4, 0.5) is 16.2 Å². The predicted molar refractivity (Wildman–Crippen MR) is 554 cm³/mol. The van der Waals surface area contributed by atoms with Gasteiger partial charge < -0.3 is 83.7 Å². The lowest BCUT2D eigenvalue weighted by Crippen LogP contribution is -2.48. The Morgan fingerprint density at radius 1 is 0.375 bits per heavy atom. The van der Waals surface area contributed by atoms with Gasteiger partial charge in [0, 0.05) is 39.0 Å². The molecule has 2 aromatic heterocycles. The molecule has 0 aliphatic heterocycles. The Kier molecular flexibility index (Phi) is 44.0. The Balaban J connectivity index is 0.000000202. The zero-order chi connectivity index (χ0) is 103. The maximum absolute atomic E-state index is 13.9. The quantitative estimate of drug-likeness (QED) is 0.0174. The number of anilines is 2. The van der Waals surface area contributed by atoms with Crippen LogP contribution in [0.25, 0.3) is 21.8 Å². The number of likely N-dealkylation sites (N-methyl/N-ethyl adjacent to an activating group) is 5. The van der Waals surface area contributed by atoms with Crippen molar-refractivity contribution in [1.29, 1.82) is 0 Å². The van der Waals surface area contributed by atoms with E-state index in [4.69, 9.17) is 38.3 Å². The average Bonchev–Trinajstić information content (AvgIpc) is 1.44. The number of hydrogen-bond donors (Lipinski definition) is 6. The van der Waals surface area contributed by atoms with E-state index < -0.39 is 45.1 Å². The molecular formula is C111H142ClN11O21. The Morgan fingerprint density at radius 2 is 0.701 bits per heavy atom. The average molecular weight is 2000 g/mol. The van der Waals surface area contributed by atoms with Gasteiger partial charge in [0.25, 0.3) is 0 Å². The highest BCUT2D eigenvalue weighted by Crippen LogP contribution is 2.47. The van der Waals surface area contributed by atoms with E-state index in [1.54, 1.807) is 114 Å². The number of hydrogen-bond acceptors (Lipinski definition) is 22. The Labute approximate surface area is 850 Å². The number of rotatable bonds is 31. The van der Waals surface area contributed by atoms with Crippen LogP contribution in [-0.4, -0.2) is 232 Å². The number of methoxy groups -OCH3 is 5. The van der Waals surface area contributed by atoms with Crippen LogP contribution in [0.2, 0.25) is 0 Å². The number of carbonyl (C=O) groups is 11. The van der Waals surface area contributed by atoms with Gasteiger partial charge in [-0.2, -0.15) is 14.9 Å². The lowest BCUT2D eigenvalue weighted by molar-refractivity contribution is -0.150. The molecular weight excluding hydrogens is 1860 g/mol. The van der Waals surface area contributed by atoms with Gasteiger partial charge in [0.2, 0.25) is 35.4 Å². The summed E-state index contributed by atoms with van der Waals surface area (Å²) in [4.78, 5) is 143. The number of nitrogens with zero attached hydrogens (tertiary/aromatic N) is 7. The summed E-state index contributed by atoms with van der Waals surface area (Å²) in [5.74, 6) is 0.814. The summed E-state index contributed by atoms with van der Waals surface area (Å²) in [6.45, 7) is 4.36. The number of H-pyrrole nitrogens is 1. The fourth-order valence-electron chi connectivity index (χ4n) is 20.1. The van der Waals surface area contributed by atoms with Gasteiger partial charge in [-0.15, -0.1) is 12.4 Å². The standard InChI is InChI=1S/C32H34N4O5.C24H28N4O3.C19H27NO4.C17H23NO4.C14H18O3.C5H11NO2.ClH/c1-35(30(38)32(18-7-4-8-19-32)24-14-16-25(40-2)17-15-24)21-29(37)34-27-12-9-13-28-26(27)20-33-36(28)31(39)41-22-23-10-5-3-6-11-23;1-28(16-22(29)26-20-7-6-8-21-19(20)15-25-27-21)23(30)24(13-4-3-5-14-24)17-9-11-18(31-2)12-10-17;1-4-24-17(21)14-20(2)18(22)19(12-6-5-7-13-19)15-8-10-16(23-3)11-9-15;1-18(12-15(19)20)16(21)17(10-4-3-5-11-17)13-6-8-14(22-2)9-7-13;1-17-12-7-5-11(6-8-12)14(13(15)16)9-3-2-4-10-14;1-3-8-5(7)4-6-2;/h3,5-6,9-17,20H,4,7-8,18-19,21-22H2,1-2H3,(H,34,37);6-12,15H,3-5,13-14,16H2,1-2H3,(H,25,27)(H,26,29);8-11H,4-7,12-14H2,1-3H3;6-9H,3-5,10-12H2,1-2H3,(H,19,20);5-8H,2-4,9-10H2,1H3,(H,15,16);6H,3-4H2,1-2H3;1H. The first-order valence-corrected chi connectivity index (χ1v) is 49.3. The molecule has 6 N–H and O–H groups in total. The van der Waals surface area contributed by atoms with Gasteiger partial charge in [0.05, 0.1) is 130 Å². The minimum Gasteiger partial charge on any atom is -0.497 e. The largest absolute Gasteiger partial charge is 0.497 e. The molecule has 6 amide bonds. The van der Waals surface area contributed by atoms with Gasteiger partial charge in [-0.1, -0.05) is 199 Å². The molecule has 5 aliphatic rings. The number of ether oxygens (including phenoxy) is 8. The molecule has 144 heavy (non-hydrogen) atoms. The van der Waals surface area contributed by atoms with Crippen LogP contribution in [0.3, 0.4) is 0 Å². The van der Waals surface area contributed by atoms with Crippen molar-refractivity contribution in [3.05, 3.63) is 234 Å². The zero-order valence-electron chi connectivity index (χ0n) is 85.1. The summed E-state index contributed by atoms with van der Waals surface area (Å²) in [5, 5.41) is 39.5. The molecule has 0 radical (unpaired) electrons. The normalized spacial score (nSPS) is 15.4. The first-order valence-electron chi connectivity index (χ1n) is 49.3.